The largest absolute Gasteiger partial charge is 0.489 e. The normalized spacial score (nSPS) is 11.3. The number of aryl methyl sites for hydroxylation is 1. The van der Waals surface area contributed by atoms with E-state index in [2.05, 4.69) is 0 Å². The summed E-state index contributed by atoms with van der Waals surface area (Å²) in [6.45, 7) is 2.29. The van der Waals surface area contributed by atoms with Gasteiger partial charge in [0.1, 0.15) is 12.4 Å². The average Bonchev–Trinajstić information content (AvgIpc) is 2.37. The van der Waals surface area contributed by atoms with Crippen molar-refractivity contribution in [3.63, 3.8) is 0 Å². The minimum Gasteiger partial charge on any atom is -0.489 e. The van der Waals surface area contributed by atoms with Gasteiger partial charge in [0.25, 0.3) is 9.05 Å². The van der Waals surface area contributed by atoms with Crippen molar-refractivity contribution >= 4 is 19.7 Å². The van der Waals surface area contributed by atoms with Gasteiger partial charge in [-0.15, -0.1) is 0 Å². The topological polar surface area (TPSA) is 43.4 Å². The molecule has 0 saturated carbocycles. The van der Waals surface area contributed by atoms with Crippen LogP contribution < -0.4 is 4.74 Å². The van der Waals surface area contributed by atoms with Gasteiger partial charge in [-0.3, -0.25) is 0 Å². The second-order valence-corrected chi connectivity index (χ2v) is 6.75. The van der Waals surface area contributed by atoms with Crippen LogP contribution in [-0.4, -0.2) is 8.42 Å². The van der Waals surface area contributed by atoms with Gasteiger partial charge >= 0.3 is 0 Å². The third-order valence-electron chi connectivity index (χ3n) is 2.61. The van der Waals surface area contributed by atoms with Crippen LogP contribution in [0, 0.1) is 6.92 Å². The summed E-state index contributed by atoms with van der Waals surface area (Å²) in [7, 11) is 1.60. The van der Waals surface area contributed by atoms with Gasteiger partial charge in [-0.25, -0.2) is 8.42 Å². The first-order chi connectivity index (χ1) is 8.95. The molecule has 100 valence electrons. The van der Waals surface area contributed by atoms with Crippen molar-refractivity contribution in [2.75, 3.05) is 0 Å². The molecule has 5 heteroatoms. The zero-order valence-corrected chi connectivity index (χ0v) is 11.9. The first kappa shape index (κ1) is 13.9. The summed E-state index contributed by atoms with van der Waals surface area (Å²) in [5.74, 6) is 0.740. The Morgan fingerprint density at radius 2 is 1.79 bits per heavy atom. The van der Waals surface area contributed by atoms with Crippen LogP contribution in [0.4, 0.5) is 0 Å². The highest BCUT2D eigenvalue weighted by atomic mass is 35.7. The van der Waals surface area contributed by atoms with Crippen LogP contribution in [-0.2, 0) is 15.7 Å². The lowest BCUT2D eigenvalue weighted by Crippen LogP contribution is -1.98. The maximum absolute atomic E-state index is 11.2. The second-order valence-electron chi connectivity index (χ2n) is 4.19. The Kier molecular flexibility index (Phi) is 4.12. The van der Waals surface area contributed by atoms with Crippen molar-refractivity contribution in [2.24, 2.45) is 0 Å². The first-order valence-electron chi connectivity index (χ1n) is 5.68. The fourth-order valence-corrected chi connectivity index (χ4v) is 2.41. The molecule has 0 radical (unpaired) electrons. The molecule has 0 spiro atoms. The molecule has 0 amide bonds. The fraction of sp³-hybridized carbons (Fsp3) is 0.143. The molecule has 0 aliphatic rings. The molecule has 19 heavy (non-hydrogen) atoms. The van der Waals surface area contributed by atoms with Crippen LogP contribution >= 0.6 is 10.7 Å². The molecule has 0 unspecified atom stereocenters. The monoisotopic (exact) mass is 296 g/mol. The highest BCUT2D eigenvalue weighted by molar-refractivity contribution is 8.13. The minimum atomic E-state index is -3.70. The van der Waals surface area contributed by atoms with E-state index < -0.39 is 9.05 Å². The van der Waals surface area contributed by atoms with E-state index in [9.17, 15) is 8.42 Å². The molecule has 0 bridgehead atoms. The third kappa shape index (κ3) is 3.98. The highest BCUT2D eigenvalue weighted by Gasteiger charge is 2.10. The molecule has 2 rings (SSSR count). The van der Waals surface area contributed by atoms with Crippen LogP contribution in [0.25, 0.3) is 0 Å². The molecular weight excluding hydrogens is 284 g/mol. The van der Waals surface area contributed by atoms with Crippen molar-refractivity contribution < 1.29 is 13.2 Å². The Bertz CT molecular complexity index is 663. The van der Waals surface area contributed by atoms with E-state index in [0.717, 1.165) is 16.9 Å². The lowest BCUT2D eigenvalue weighted by Gasteiger charge is -2.07. The summed E-state index contributed by atoms with van der Waals surface area (Å²) in [4.78, 5) is 0.0826. The van der Waals surface area contributed by atoms with E-state index in [1.54, 1.807) is 12.1 Å². The Morgan fingerprint density at radius 1 is 1.11 bits per heavy atom. The van der Waals surface area contributed by atoms with Crippen LogP contribution in [0.2, 0.25) is 0 Å². The molecule has 0 atom stereocenters. The van der Waals surface area contributed by atoms with Crippen molar-refractivity contribution in [1.29, 1.82) is 0 Å². The molecule has 0 fully saturated rings. The zero-order valence-electron chi connectivity index (χ0n) is 10.3. The molecule has 0 heterocycles. The molecule has 3 nitrogen and oxygen atoms in total. The number of hydrogen-bond donors (Lipinski definition) is 0. The number of halogens is 1. The molecule has 0 aliphatic carbocycles. The quantitative estimate of drug-likeness (QED) is 0.811. The van der Waals surface area contributed by atoms with Gasteiger partial charge in [-0.2, -0.15) is 0 Å². The summed E-state index contributed by atoms with van der Waals surface area (Å²) >= 11 is 0. The number of ether oxygens (including phenoxy) is 1. The van der Waals surface area contributed by atoms with Crippen LogP contribution in [0.15, 0.2) is 53.4 Å². The maximum Gasteiger partial charge on any atom is 0.261 e. The molecule has 0 aromatic heterocycles. The molecule has 0 saturated heterocycles. The fourth-order valence-electron chi connectivity index (χ4n) is 1.59. The van der Waals surface area contributed by atoms with E-state index in [1.807, 2.05) is 31.2 Å². The number of benzene rings is 2. The lowest BCUT2D eigenvalue weighted by atomic mass is 10.2. The predicted octanol–water partition coefficient (Wildman–Crippen LogP) is 3.50. The summed E-state index contributed by atoms with van der Waals surface area (Å²) in [5.41, 5.74) is 1.91. The zero-order chi connectivity index (χ0) is 13.9. The summed E-state index contributed by atoms with van der Waals surface area (Å²) in [6, 6.07) is 14.1. The van der Waals surface area contributed by atoms with Gasteiger partial charge in [0.05, 0.1) is 4.90 Å². The van der Waals surface area contributed by atoms with Gasteiger partial charge < -0.3 is 4.74 Å². The molecule has 2 aromatic carbocycles. The average molecular weight is 297 g/mol. The first-order valence-corrected chi connectivity index (χ1v) is 7.99. The van der Waals surface area contributed by atoms with E-state index in [0.29, 0.717) is 6.61 Å². The van der Waals surface area contributed by atoms with Crippen molar-refractivity contribution in [3.05, 3.63) is 59.7 Å². The molecular formula is C14H13ClO3S. The van der Waals surface area contributed by atoms with E-state index in [-0.39, 0.29) is 4.90 Å². The van der Waals surface area contributed by atoms with Crippen molar-refractivity contribution in [3.8, 4) is 5.75 Å². The predicted molar refractivity (Wildman–Crippen MR) is 75.0 cm³/mol. The van der Waals surface area contributed by atoms with Crippen LogP contribution in [0.3, 0.4) is 0 Å². The Morgan fingerprint density at radius 3 is 2.42 bits per heavy atom. The maximum atomic E-state index is 11.2. The van der Waals surface area contributed by atoms with E-state index >= 15 is 0 Å². The van der Waals surface area contributed by atoms with Crippen molar-refractivity contribution in [2.45, 2.75) is 18.4 Å². The van der Waals surface area contributed by atoms with Crippen molar-refractivity contribution in [1.82, 2.24) is 0 Å². The van der Waals surface area contributed by atoms with E-state index in [1.165, 1.54) is 12.1 Å². The molecule has 2 aromatic rings. The van der Waals surface area contributed by atoms with Crippen LogP contribution in [0.5, 0.6) is 5.75 Å². The summed E-state index contributed by atoms with van der Waals surface area (Å²) in [6.07, 6.45) is 0. The molecule has 0 N–H and O–H groups in total. The van der Waals surface area contributed by atoms with Gasteiger partial charge in [0.2, 0.25) is 0 Å². The molecule has 0 aliphatic heterocycles. The standard InChI is InChI=1S/C14H13ClO3S/c1-11-5-7-13(8-6-11)18-10-12-3-2-4-14(9-12)19(15,16)17/h2-9H,10H2,1H3. The third-order valence-corrected chi connectivity index (χ3v) is 3.96. The summed E-state index contributed by atoms with van der Waals surface area (Å²) < 4.78 is 28.0. The Balaban J connectivity index is 2.10. The Hall–Kier alpha value is -1.52. The number of hydrogen-bond acceptors (Lipinski definition) is 3. The number of rotatable bonds is 4. The highest BCUT2D eigenvalue weighted by Crippen LogP contribution is 2.18. The lowest BCUT2D eigenvalue weighted by molar-refractivity contribution is 0.306. The Labute approximate surface area is 117 Å². The van der Waals surface area contributed by atoms with Gasteiger partial charge in [-0.05, 0) is 36.8 Å². The van der Waals surface area contributed by atoms with Gasteiger partial charge in [-0.1, -0.05) is 29.8 Å². The SMILES string of the molecule is Cc1ccc(OCc2cccc(S(=O)(=O)Cl)c2)cc1. The summed E-state index contributed by atoms with van der Waals surface area (Å²) in [5, 5.41) is 0. The van der Waals surface area contributed by atoms with Crippen LogP contribution in [0.1, 0.15) is 11.1 Å². The minimum absolute atomic E-state index is 0.0826. The second kappa shape index (κ2) is 5.63. The van der Waals surface area contributed by atoms with E-state index in [4.69, 9.17) is 15.4 Å². The smallest absolute Gasteiger partial charge is 0.261 e. The van der Waals surface area contributed by atoms with Gasteiger partial charge in [0, 0.05) is 10.7 Å². The van der Waals surface area contributed by atoms with Gasteiger partial charge in [0.15, 0.2) is 0 Å².